The number of hydrogen-bond donors (Lipinski definition) is 2. The lowest BCUT2D eigenvalue weighted by atomic mass is 10.2. The molecule has 3 aromatic rings. The van der Waals surface area contributed by atoms with Crippen LogP contribution in [0.2, 0.25) is 0 Å². The molecule has 0 fully saturated rings. The number of nitrogens with zero attached hydrogens (tertiary/aromatic N) is 4. The van der Waals surface area contributed by atoms with Gasteiger partial charge in [-0.3, -0.25) is 4.68 Å². The van der Waals surface area contributed by atoms with Gasteiger partial charge in [0.25, 0.3) is 0 Å². The largest absolute Gasteiger partial charge is 0.467 e. The summed E-state index contributed by atoms with van der Waals surface area (Å²) in [5.74, 6) is 0. The van der Waals surface area contributed by atoms with Crippen LogP contribution in [0.15, 0.2) is 36.7 Å². The van der Waals surface area contributed by atoms with Gasteiger partial charge in [0.1, 0.15) is 0 Å². The number of rotatable bonds is 5. The second kappa shape index (κ2) is 6.95. The zero-order valence-corrected chi connectivity index (χ0v) is 13.5. The smallest absolute Gasteiger partial charge is 0.316 e. The van der Waals surface area contributed by atoms with E-state index in [1.807, 2.05) is 31.4 Å². The molecule has 0 aliphatic carbocycles. The molecule has 2 amide bonds. The van der Waals surface area contributed by atoms with Gasteiger partial charge in [0.15, 0.2) is 0 Å². The highest BCUT2D eigenvalue weighted by Gasteiger charge is 2.05. The Morgan fingerprint density at radius 3 is 2.92 bits per heavy atom. The first-order valence-corrected chi connectivity index (χ1v) is 7.44. The SMILES string of the molecule is COc1nccc(CNC(=O)NCc2ccc3cn(C)nc3c2)n1. The Morgan fingerprint density at radius 1 is 1.25 bits per heavy atom. The van der Waals surface area contributed by atoms with E-state index in [4.69, 9.17) is 4.74 Å². The lowest BCUT2D eigenvalue weighted by Crippen LogP contribution is -2.34. The summed E-state index contributed by atoms with van der Waals surface area (Å²) in [4.78, 5) is 19.9. The fourth-order valence-corrected chi connectivity index (χ4v) is 2.28. The van der Waals surface area contributed by atoms with Crippen molar-refractivity contribution in [3.8, 4) is 6.01 Å². The van der Waals surface area contributed by atoms with Gasteiger partial charge in [0.2, 0.25) is 0 Å². The fourth-order valence-electron chi connectivity index (χ4n) is 2.28. The van der Waals surface area contributed by atoms with Gasteiger partial charge in [-0.15, -0.1) is 0 Å². The van der Waals surface area contributed by atoms with Crippen LogP contribution >= 0.6 is 0 Å². The summed E-state index contributed by atoms with van der Waals surface area (Å²) in [5, 5.41) is 11.0. The molecule has 0 atom stereocenters. The quantitative estimate of drug-likeness (QED) is 0.738. The summed E-state index contributed by atoms with van der Waals surface area (Å²) < 4.78 is 6.71. The first-order chi connectivity index (χ1) is 11.6. The average Bonchev–Trinajstić information content (AvgIpc) is 2.97. The number of aryl methyl sites for hydroxylation is 1. The molecule has 124 valence electrons. The van der Waals surface area contributed by atoms with Crippen molar-refractivity contribution in [3.63, 3.8) is 0 Å². The Labute approximate surface area is 138 Å². The number of fused-ring (bicyclic) bond motifs is 1. The van der Waals surface area contributed by atoms with Crippen LogP contribution in [0.5, 0.6) is 6.01 Å². The number of nitrogens with one attached hydrogen (secondary N) is 2. The van der Waals surface area contributed by atoms with Crippen LogP contribution in [0, 0.1) is 0 Å². The Morgan fingerprint density at radius 2 is 2.08 bits per heavy atom. The predicted molar refractivity (Wildman–Crippen MR) is 88.4 cm³/mol. The number of ether oxygens (including phenoxy) is 1. The monoisotopic (exact) mass is 326 g/mol. The standard InChI is InChI=1S/C16H18N6O2/c1-22-10-12-4-3-11(7-14(12)21-22)8-18-15(23)19-9-13-5-6-17-16(20-13)24-2/h3-7,10H,8-9H2,1-2H3,(H2,18,19,23). The molecule has 0 aliphatic rings. The minimum atomic E-state index is -0.270. The summed E-state index contributed by atoms with van der Waals surface area (Å²) in [6.07, 6.45) is 3.54. The maximum atomic E-state index is 11.9. The molecule has 0 spiro atoms. The van der Waals surface area contributed by atoms with Crippen LogP contribution in [0.4, 0.5) is 4.79 Å². The van der Waals surface area contributed by atoms with Crippen molar-refractivity contribution < 1.29 is 9.53 Å². The maximum absolute atomic E-state index is 11.9. The van der Waals surface area contributed by atoms with Crippen molar-refractivity contribution >= 4 is 16.9 Å². The topological polar surface area (TPSA) is 94.0 Å². The van der Waals surface area contributed by atoms with Crippen LogP contribution in [-0.4, -0.2) is 32.9 Å². The number of amides is 2. The Kier molecular flexibility index (Phi) is 4.55. The third-order valence-electron chi connectivity index (χ3n) is 3.44. The molecule has 0 aliphatic heterocycles. The molecule has 24 heavy (non-hydrogen) atoms. The summed E-state index contributed by atoms with van der Waals surface area (Å²) in [5.41, 5.74) is 2.57. The third-order valence-corrected chi connectivity index (χ3v) is 3.44. The molecule has 8 heteroatoms. The molecule has 0 unspecified atom stereocenters. The van der Waals surface area contributed by atoms with Gasteiger partial charge in [0.05, 0.1) is 24.9 Å². The number of urea groups is 1. The second-order valence-corrected chi connectivity index (χ2v) is 5.27. The molecule has 0 saturated carbocycles. The third kappa shape index (κ3) is 3.78. The number of carbonyl (C=O) groups is 1. The molecule has 2 N–H and O–H groups in total. The molecule has 1 aromatic carbocycles. The van der Waals surface area contributed by atoms with Crippen molar-refractivity contribution in [2.75, 3.05) is 7.11 Å². The van der Waals surface area contributed by atoms with Gasteiger partial charge < -0.3 is 15.4 Å². The molecule has 2 heterocycles. The van der Waals surface area contributed by atoms with Crippen LogP contribution in [0.25, 0.3) is 10.9 Å². The highest BCUT2D eigenvalue weighted by atomic mass is 16.5. The van der Waals surface area contributed by atoms with Crippen molar-refractivity contribution in [2.45, 2.75) is 13.1 Å². The zero-order valence-electron chi connectivity index (χ0n) is 13.5. The highest BCUT2D eigenvalue weighted by molar-refractivity contribution is 5.79. The van der Waals surface area contributed by atoms with E-state index >= 15 is 0 Å². The van der Waals surface area contributed by atoms with E-state index in [0.29, 0.717) is 18.8 Å². The van der Waals surface area contributed by atoms with Gasteiger partial charge in [-0.2, -0.15) is 10.1 Å². The van der Waals surface area contributed by atoms with E-state index in [9.17, 15) is 4.79 Å². The molecule has 0 bridgehead atoms. The molecule has 2 aromatic heterocycles. The van der Waals surface area contributed by atoms with Gasteiger partial charge in [0, 0.05) is 31.4 Å². The van der Waals surface area contributed by atoms with Crippen LogP contribution in [0.3, 0.4) is 0 Å². The normalized spacial score (nSPS) is 10.6. The van der Waals surface area contributed by atoms with Crippen LogP contribution < -0.4 is 15.4 Å². The lowest BCUT2D eigenvalue weighted by molar-refractivity contribution is 0.240. The highest BCUT2D eigenvalue weighted by Crippen LogP contribution is 2.13. The summed E-state index contributed by atoms with van der Waals surface area (Å²) in [7, 11) is 3.38. The lowest BCUT2D eigenvalue weighted by Gasteiger charge is -2.08. The van der Waals surface area contributed by atoms with Crippen molar-refractivity contribution in [2.24, 2.45) is 7.05 Å². The van der Waals surface area contributed by atoms with Gasteiger partial charge in [-0.25, -0.2) is 9.78 Å². The molecular weight excluding hydrogens is 308 g/mol. The van der Waals surface area contributed by atoms with Crippen molar-refractivity contribution in [1.82, 2.24) is 30.4 Å². The van der Waals surface area contributed by atoms with E-state index in [1.54, 1.807) is 16.9 Å². The van der Waals surface area contributed by atoms with E-state index in [-0.39, 0.29) is 12.0 Å². The fraction of sp³-hybridized carbons (Fsp3) is 0.250. The van der Waals surface area contributed by atoms with E-state index in [1.165, 1.54) is 7.11 Å². The number of methoxy groups -OCH3 is 1. The number of hydrogen-bond acceptors (Lipinski definition) is 5. The molecule has 0 radical (unpaired) electrons. The molecular formula is C16H18N6O2. The Hall–Kier alpha value is -3.16. The minimum absolute atomic E-state index is 0.270. The Balaban J connectivity index is 1.52. The number of benzene rings is 1. The van der Waals surface area contributed by atoms with Gasteiger partial charge in [-0.1, -0.05) is 12.1 Å². The van der Waals surface area contributed by atoms with E-state index < -0.39 is 0 Å². The second-order valence-electron chi connectivity index (χ2n) is 5.27. The predicted octanol–water partition coefficient (Wildman–Crippen LogP) is 1.37. The summed E-state index contributed by atoms with van der Waals surface area (Å²) >= 11 is 0. The maximum Gasteiger partial charge on any atom is 0.316 e. The van der Waals surface area contributed by atoms with E-state index in [0.717, 1.165) is 16.5 Å². The van der Waals surface area contributed by atoms with Crippen molar-refractivity contribution in [3.05, 3.63) is 47.9 Å². The minimum Gasteiger partial charge on any atom is -0.467 e. The number of carbonyl (C=O) groups excluding carboxylic acids is 1. The average molecular weight is 326 g/mol. The van der Waals surface area contributed by atoms with Crippen LogP contribution in [-0.2, 0) is 20.1 Å². The molecule has 0 saturated heterocycles. The first-order valence-electron chi connectivity index (χ1n) is 7.44. The Bertz CT molecular complexity index is 861. The van der Waals surface area contributed by atoms with E-state index in [2.05, 4.69) is 25.7 Å². The molecule has 8 nitrogen and oxygen atoms in total. The number of aromatic nitrogens is 4. The molecule has 3 rings (SSSR count). The van der Waals surface area contributed by atoms with Gasteiger partial charge >= 0.3 is 12.0 Å². The zero-order chi connectivity index (χ0) is 16.9. The van der Waals surface area contributed by atoms with Crippen LogP contribution in [0.1, 0.15) is 11.3 Å². The summed E-state index contributed by atoms with van der Waals surface area (Å²) in [6.45, 7) is 0.718. The van der Waals surface area contributed by atoms with Crippen molar-refractivity contribution in [1.29, 1.82) is 0 Å². The van der Waals surface area contributed by atoms with Gasteiger partial charge in [-0.05, 0) is 17.7 Å². The summed E-state index contributed by atoms with van der Waals surface area (Å²) in [6, 6.07) is 7.65. The first kappa shape index (κ1) is 15.7.